The average molecular weight is 426 g/mol. The van der Waals surface area contributed by atoms with Gasteiger partial charge in [0.25, 0.3) is 0 Å². The first-order valence-corrected chi connectivity index (χ1v) is 11.2. The van der Waals surface area contributed by atoms with E-state index in [1.807, 2.05) is 35.9 Å². The maximum absolute atomic E-state index is 10.4. The summed E-state index contributed by atoms with van der Waals surface area (Å²) in [5, 5.41) is 19.8. The van der Waals surface area contributed by atoms with Gasteiger partial charge in [0.05, 0.1) is 25.9 Å². The zero-order valence-corrected chi connectivity index (χ0v) is 18.1. The molecule has 0 fully saturated rings. The number of hydrogen-bond acceptors (Lipinski definition) is 6. The van der Waals surface area contributed by atoms with Crippen LogP contribution >= 0.6 is 11.8 Å². The molecule has 0 saturated heterocycles. The predicted molar refractivity (Wildman–Crippen MR) is 118 cm³/mol. The second-order valence-electron chi connectivity index (χ2n) is 7.47. The van der Waals surface area contributed by atoms with Crippen molar-refractivity contribution in [1.29, 1.82) is 0 Å². The predicted octanol–water partition coefficient (Wildman–Crippen LogP) is 4.04. The molecule has 158 valence electrons. The summed E-state index contributed by atoms with van der Waals surface area (Å²) in [6, 6.07) is 16.2. The zero-order chi connectivity index (χ0) is 20.9. The first-order chi connectivity index (χ1) is 14.7. The molecule has 6 nitrogen and oxygen atoms in total. The molecule has 1 aliphatic carbocycles. The van der Waals surface area contributed by atoms with Gasteiger partial charge in [-0.25, -0.2) is 0 Å². The van der Waals surface area contributed by atoms with Crippen LogP contribution in [-0.4, -0.2) is 45.4 Å². The first-order valence-electron chi connectivity index (χ1n) is 10.2. The van der Waals surface area contributed by atoms with Gasteiger partial charge >= 0.3 is 0 Å². The lowest BCUT2D eigenvalue weighted by molar-refractivity contribution is -0.00960. The van der Waals surface area contributed by atoms with Crippen LogP contribution in [0.4, 0.5) is 0 Å². The molecular formula is C23H27N3O3S. The summed E-state index contributed by atoms with van der Waals surface area (Å²) in [7, 11) is 3.58. The first kappa shape index (κ1) is 20.9. The Morgan fingerprint density at radius 2 is 1.97 bits per heavy atom. The Bertz CT molecular complexity index is 974. The van der Waals surface area contributed by atoms with Crippen LogP contribution in [0.25, 0.3) is 11.4 Å². The lowest BCUT2D eigenvalue weighted by Gasteiger charge is -2.26. The molecule has 1 heterocycles. The molecule has 0 spiro atoms. The van der Waals surface area contributed by atoms with Gasteiger partial charge in [-0.1, -0.05) is 36.0 Å². The van der Waals surface area contributed by atoms with Crippen molar-refractivity contribution in [2.24, 2.45) is 7.05 Å². The van der Waals surface area contributed by atoms with Gasteiger partial charge in [0, 0.05) is 18.4 Å². The van der Waals surface area contributed by atoms with Crippen molar-refractivity contribution < 1.29 is 14.6 Å². The van der Waals surface area contributed by atoms with Gasteiger partial charge < -0.3 is 19.1 Å². The molecule has 2 aromatic carbocycles. The van der Waals surface area contributed by atoms with Gasteiger partial charge in [-0.2, -0.15) is 0 Å². The number of aryl methyl sites for hydroxylation is 1. The SMILES string of the molecule is COc1ccc(-c2nnc(SC[C@@H](O)CO[C@@H]3CCCc4ccccc43)n2C)cc1. The van der Waals surface area contributed by atoms with Crippen LogP contribution in [-0.2, 0) is 18.2 Å². The normalized spacial score (nSPS) is 16.8. The minimum Gasteiger partial charge on any atom is -0.497 e. The summed E-state index contributed by atoms with van der Waals surface area (Å²) in [5.41, 5.74) is 3.60. The number of benzene rings is 2. The molecule has 7 heteroatoms. The molecule has 0 amide bonds. The fraction of sp³-hybridized carbons (Fsp3) is 0.391. The highest BCUT2D eigenvalue weighted by molar-refractivity contribution is 7.99. The van der Waals surface area contributed by atoms with Crippen LogP contribution in [0, 0.1) is 0 Å². The Hall–Kier alpha value is -2.35. The summed E-state index contributed by atoms with van der Waals surface area (Å²) < 4.78 is 13.2. The van der Waals surface area contributed by atoms with E-state index in [0.717, 1.165) is 41.6 Å². The number of nitrogens with zero attached hydrogens (tertiary/aromatic N) is 3. The highest BCUT2D eigenvalue weighted by Crippen LogP contribution is 2.32. The highest BCUT2D eigenvalue weighted by Gasteiger charge is 2.21. The van der Waals surface area contributed by atoms with E-state index in [9.17, 15) is 5.11 Å². The van der Waals surface area contributed by atoms with Crippen molar-refractivity contribution in [3.8, 4) is 17.1 Å². The van der Waals surface area contributed by atoms with Crippen LogP contribution in [0.1, 0.15) is 30.1 Å². The summed E-state index contributed by atoms with van der Waals surface area (Å²) in [5.74, 6) is 2.09. The van der Waals surface area contributed by atoms with Crippen LogP contribution in [0.5, 0.6) is 5.75 Å². The smallest absolute Gasteiger partial charge is 0.191 e. The van der Waals surface area contributed by atoms with E-state index in [2.05, 4.69) is 34.5 Å². The van der Waals surface area contributed by atoms with E-state index >= 15 is 0 Å². The quantitative estimate of drug-likeness (QED) is 0.550. The number of thioether (sulfide) groups is 1. The average Bonchev–Trinajstić information content (AvgIpc) is 3.16. The zero-order valence-electron chi connectivity index (χ0n) is 17.3. The van der Waals surface area contributed by atoms with Crippen molar-refractivity contribution in [2.75, 3.05) is 19.5 Å². The van der Waals surface area contributed by atoms with Crippen molar-refractivity contribution in [2.45, 2.75) is 36.6 Å². The maximum Gasteiger partial charge on any atom is 0.191 e. The number of aromatic nitrogens is 3. The number of fused-ring (bicyclic) bond motifs is 1. The van der Waals surface area contributed by atoms with E-state index in [-0.39, 0.29) is 6.10 Å². The molecule has 0 saturated carbocycles. The van der Waals surface area contributed by atoms with Crippen LogP contribution in [0.2, 0.25) is 0 Å². The standard InChI is InChI=1S/C23H27N3O3S/c1-26-22(17-10-12-19(28-2)13-11-17)24-25-23(26)30-15-18(27)14-29-21-9-5-7-16-6-3-4-8-20(16)21/h3-4,6,8,10-13,18,21,27H,5,7,9,14-15H2,1-2H3/t18-,21+/m0/s1. The second-order valence-corrected chi connectivity index (χ2v) is 8.46. The van der Waals surface area contributed by atoms with Gasteiger partial charge in [-0.15, -0.1) is 10.2 Å². The minimum atomic E-state index is -0.565. The van der Waals surface area contributed by atoms with Gasteiger partial charge in [-0.3, -0.25) is 0 Å². The topological polar surface area (TPSA) is 69.4 Å². The molecule has 1 aromatic heterocycles. The molecule has 1 N–H and O–H groups in total. The number of ether oxygens (including phenoxy) is 2. The minimum absolute atomic E-state index is 0.0751. The molecule has 0 radical (unpaired) electrons. The summed E-state index contributed by atoms with van der Waals surface area (Å²) in [6.45, 7) is 0.315. The second kappa shape index (κ2) is 9.64. The number of hydrogen-bond donors (Lipinski definition) is 1. The Kier molecular flexibility index (Phi) is 6.72. The third kappa shape index (κ3) is 4.69. The fourth-order valence-corrected chi connectivity index (χ4v) is 4.58. The van der Waals surface area contributed by atoms with Crippen LogP contribution < -0.4 is 4.74 Å². The third-order valence-electron chi connectivity index (χ3n) is 5.39. The van der Waals surface area contributed by atoms with Crippen molar-refractivity contribution in [3.63, 3.8) is 0 Å². The molecule has 2 atom stereocenters. The molecule has 0 bridgehead atoms. The van der Waals surface area contributed by atoms with E-state index < -0.39 is 6.10 Å². The van der Waals surface area contributed by atoms with Crippen molar-refractivity contribution in [1.82, 2.24) is 14.8 Å². The third-order valence-corrected chi connectivity index (χ3v) is 6.56. The molecule has 0 aliphatic heterocycles. The molecule has 1 aliphatic rings. The Morgan fingerprint density at radius 1 is 1.17 bits per heavy atom. The van der Waals surface area contributed by atoms with Crippen molar-refractivity contribution >= 4 is 11.8 Å². The molecule has 30 heavy (non-hydrogen) atoms. The number of methoxy groups -OCH3 is 1. The Balaban J connectivity index is 1.31. The van der Waals surface area contributed by atoms with Gasteiger partial charge in [0.15, 0.2) is 11.0 Å². The lowest BCUT2D eigenvalue weighted by Crippen LogP contribution is -2.22. The van der Waals surface area contributed by atoms with E-state index in [1.54, 1.807) is 7.11 Å². The fourth-order valence-electron chi connectivity index (χ4n) is 3.76. The van der Waals surface area contributed by atoms with Crippen molar-refractivity contribution in [3.05, 3.63) is 59.7 Å². The lowest BCUT2D eigenvalue weighted by atomic mass is 9.89. The summed E-state index contributed by atoms with van der Waals surface area (Å²) in [4.78, 5) is 0. The largest absolute Gasteiger partial charge is 0.497 e. The summed E-state index contributed by atoms with van der Waals surface area (Å²) in [6.07, 6.45) is 2.75. The van der Waals surface area contributed by atoms with Gasteiger partial charge in [0.2, 0.25) is 0 Å². The Labute approximate surface area is 181 Å². The monoisotopic (exact) mass is 425 g/mol. The number of aliphatic hydroxyl groups is 1. The maximum atomic E-state index is 10.4. The van der Waals surface area contributed by atoms with E-state index in [0.29, 0.717) is 12.4 Å². The van der Waals surface area contributed by atoms with Gasteiger partial charge in [-0.05, 0) is 54.7 Å². The molecular weight excluding hydrogens is 398 g/mol. The molecule has 3 aromatic rings. The van der Waals surface area contributed by atoms with E-state index in [1.165, 1.54) is 22.9 Å². The molecule has 0 unspecified atom stereocenters. The van der Waals surface area contributed by atoms with Crippen LogP contribution in [0.15, 0.2) is 53.7 Å². The number of rotatable bonds is 8. The Morgan fingerprint density at radius 3 is 2.77 bits per heavy atom. The van der Waals surface area contributed by atoms with Gasteiger partial charge in [0.1, 0.15) is 5.75 Å². The van der Waals surface area contributed by atoms with E-state index in [4.69, 9.17) is 9.47 Å². The summed E-state index contributed by atoms with van der Waals surface area (Å²) >= 11 is 1.49. The van der Waals surface area contributed by atoms with Crippen LogP contribution in [0.3, 0.4) is 0 Å². The molecule has 4 rings (SSSR count). The highest BCUT2D eigenvalue weighted by atomic mass is 32.2. The number of aliphatic hydroxyl groups excluding tert-OH is 1.